The van der Waals surface area contributed by atoms with E-state index in [1.54, 1.807) is 0 Å². The molecule has 2 heteroatoms. The number of rotatable bonds is 15. The SMILES string of the molecule is CCCCCCCCCCCCCCCCc1nc2ccccc2s1. The molecule has 2 rings (SSSR count). The number of hydrogen-bond acceptors (Lipinski definition) is 2. The van der Waals surface area contributed by atoms with Crippen LogP contribution in [0.2, 0.25) is 0 Å². The van der Waals surface area contributed by atoms with Crippen molar-refractivity contribution in [2.75, 3.05) is 0 Å². The molecule has 1 heterocycles. The molecule has 140 valence electrons. The van der Waals surface area contributed by atoms with Crippen LogP contribution in [-0.2, 0) is 6.42 Å². The Balaban J connectivity index is 1.36. The van der Waals surface area contributed by atoms with Gasteiger partial charge in [-0.15, -0.1) is 11.3 Å². The zero-order chi connectivity index (χ0) is 17.6. The van der Waals surface area contributed by atoms with E-state index in [0.717, 1.165) is 6.42 Å². The number of benzene rings is 1. The van der Waals surface area contributed by atoms with Crippen molar-refractivity contribution in [2.24, 2.45) is 0 Å². The summed E-state index contributed by atoms with van der Waals surface area (Å²) in [6.07, 6.45) is 21.1. The van der Waals surface area contributed by atoms with Crippen molar-refractivity contribution >= 4 is 21.6 Å². The van der Waals surface area contributed by atoms with E-state index in [0.29, 0.717) is 0 Å². The smallest absolute Gasteiger partial charge is 0.0938 e. The molecule has 0 unspecified atom stereocenters. The number of aromatic nitrogens is 1. The van der Waals surface area contributed by atoms with Gasteiger partial charge in [0.05, 0.1) is 15.2 Å². The average molecular weight is 360 g/mol. The minimum Gasteiger partial charge on any atom is -0.241 e. The van der Waals surface area contributed by atoms with Gasteiger partial charge in [0.25, 0.3) is 0 Å². The van der Waals surface area contributed by atoms with Crippen LogP contribution in [0.1, 0.15) is 102 Å². The molecule has 2 aromatic rings. The van der Waals surface area contributed by atoms with Crippen LogP contribution in [0.3, 0.4) is 0 Å². The van der Waals surface area contributed by atoms with Crippen LogP contribution in [0.5, 0.6) is 0 Å². The summed E-state index contributed by atoms with van der Waals surface area (Å²) < 4.78 is 1.34. The summed E-state index contributed by atoms with van der Waals surface area (Å²) in [7, 11) is 0. The van der Waals surface area contributed by atoms with Crippen molar-refractivity contribution in [2.45, 2.75) is 103 Å². The molecule has 0 aliphatic rings. The number of thiazole rings is 1. The van der Waals surface area contributed by atoms with Crippen molar-refractivity contribution in [1.29, 1.82) is 0 Å². The van der Waals surface area contributed by atoms with Crippen molar-refractivity contribution in [1.82, 2.24) is 4.98 Å². The molecule has 0 amide bonds. The topological polar surface area (TPSA) is 12.9 Å². The Bertz CT molecular complexity index is 527. The fourth-order valence-electron chi connectivity index (χ4n) is 3.50. The van der Waals surface area contributed by atoms with Gasteiger partial charge < -0.3 is 0 Å². The minimum atomic E-state index is 1.16. The number of para-hydroxylation sites is 1. The summed E-state index contributed by atoms with van der Waals surface area (Å²) >= 11 is 1.87. The monoisotopic (exact) mass is 359 g/mol. The number of fused-ring (bicyclic) bond motifs is 1. The highest BCUT2D eigenvalue weighted by Gasteiger charge is 2.02. The van der Waals surface area contributed by atoms with Crippen LogP contribution < -0.4 is 0 Å². The highest BCUT2D eigenvalue weighted by molar-refractivity contribution is 7.18. The molecule has 0 bridgehead atoms. The van der Waals surface area contributed by atoms with Crippen LogP contribution in [0.15, 0.2) is 24.3 Å². The Kier molecular flexibility index (Phi) is 10.9. The zero-order valence-corrected chi connectivity index (χ0v) is 17.1. The Labute approximate surface area is 159 Å². The van der Waals surface area contributed by atoms with Crippen LogP contribution in [0, 0.1) is 0 Å². The molecule has 1 aromatic carbocycles. The summed E-state index contributed by atoms with van der Waals surface area (Å²) in [5.74, 6) is 0. The van der Waals surface area contributed by atoms with Gasteiger partial charge in [0, 0.05) is 0 Å². The first kappa shape index (κ1) is 20.4. The first-order valence-electron chi connectivity index (χ1n) is 10.7. The van der Waals surface area contributed by atoms with Crippen molar-refractivity contribution in [3.05, 3.63) is 29.3 Å². The maximum absolute atomic E-state index is 4.73. The third-order valence-electron chi connectivity index (χ3n) is 5.08. The maximum atomic E-state index is 4.73. The van der Waals surface area contributed by atoms with Gasteiger partial charge in [-0.3, -0.25) is 0 Å². The predicted molar refractivity (Wildman–Crippen MR) is 114 cm³/mol. The average Bonchev–Trinajstić information content (AvgIpc) is 3.05. The molecule has 0 saturated heterocycles. The van der Waals surface area contributed by atoms with Gasteiger partial charge in [-0.1, -0.05) is 103 Å². The van der Waals surface area contributed by atoms with Gasteiger partial charge in [0.15, 0.2) is 0 Å². The standard InChI is InChI=1S/C23H37NS/c1-2-3-4-5-6-7-8-9-10-11-12-13-14-15-20-23-24-21-18-16-17-19-22(21)25-23/h16-19H,2-15,20H2,1H3. The fraction of sp³-hybridized carbons (Fsp3) is 0.696. The second kappa shape index (κ2) is 13.3. The maximum Gasteiger partial charge on any atom is 0.0938 e. The van der Waals surface area contributed by atoms with E-state index in [4.69, 9.17) is 4.98 Å². The van der Waals surface area contributed by atoms with Crippen LogP contribution in [-0.4, -0.2) is 4.98 Å². The number of aryl methyl sites for hydroxylation is 1. The van der Waals surface area contributed by atoms with E-state index in [2.05, 4.69) is 31.2 Å². The molecule has 1 nitrogen and oxygen atoms in total. The van der Waals surface area contributed by atoms with Gasteiger partial charge in [0.1, 0.15) is 0 Å². The van der Waals surface area contributed by atoms with E-state index in [1.165, 1.54) is 105 Å². The van der Waals surface area contributed by atoms with Gasteiger partial charge >= 0.3 is 0 Å². The largest absolute Gasteiger partial charge is 0.241 e. The molecule has 0 aliphatic heterocycles. The molecular weight excluding hydrogens is 322 g/mol. The van der Waals surface area contributed by atoms with Gasteiger partial charge in [-0.2, -0.15) is 0 Å². The highest BCUT2D eigenvalue weighted by Crippen LogP contribution is 2.23. The lowest BCUT2D eigenvalue weighted by atomic mass is 10.0. The molecule has 0 fully saturated rings. The van der Waals surface area contributed by atoms with Gasteiger partial charge in [-0.25, -0.2) is 4.98 Å². The van der Waals surface area contributed by atoms with E-state index in [9.17, 15) is 0 Å². The predicted octanol–water partition coefficient (Wildman–Crippen LogP) is 8.32. The van der Waals surface area contributed by atoms with Crippen LogP contribution in [0.25, 0.3) is 10.2 Å². The Hall–Kier alpha value is -0.890. The summed E-state index contributed by atoms with van der Waals surface area (Å²) in [5, 5.41) is 1.32. The number of nitrogens with zero attached hydrogens (tertiary/aromatic N) is 1. The third kappa shape index (κ3) is 8.85. The molecule has 0 aliphatic carbocycles. The molecule has 0 spiro atoms. The third-order valence-corrected chi connectivity index (χ3v) is 6.18. The van der Waals surface area contributed by atoms with E-state index < -0.39 is 0 Å². The second-order valence-corrected chi connectivity index (χ2v) is 8.54. The molecule has 1 aromatic heterocycles. The molecule has 0 saturated carbocycles. The Morgan fingerprint density at radius 1 is 0.680 bits per heavy atom. The number of hydrogen-bond donors (Lipinski definition) is 0. The Morgan fingerprint density at radius 2 is 1.20 bits per heavy atom. The first-order valence-corrected chi connectivity index (χ1v) is 11.6. The normalized spacial score (nSPS) is 11.4. The first-order chi connectivity index (χ1) is 12.4. The summed E-state index contributed by atoms with van der Waals surface area (Å²) in [5.41, 5.74) is 1.17. The Morgan fingerprint density at radius 3 is 1.76 bits per heavy atom. The summed E-state index contributed by atoms with van der Waals surface area (Å²) in [6, 6.07) is 8.50. The molecule has 0 N–H and O–H groups in total. The lowest BCUT2D eigenvalue weighted by Crippen LogP contribution is -1.86. The summed E-state index contributed by atoms with van der Waals surface area (Å²) in [6.45, 7) is 2.29. The lowest BCUT2D eigenvalue weighted by molar-refractivity contribution is 0.535. The van der Waals surface area contributed by atoms with Gasteiger partial charge in [-0.05, 0) is 25.0 Å². The fourth-order valence-corrected chi connectivity index (χ4v) is 4.51. The highest BCUT2D eigenvalue weighted by atomic mass is 32.1. The van der Waals surface area contributed by atoms with Crippen molar-refractivity contribution < 1.29 is 0 Å². The number of unbranched alkanes of at least 4 members (excludes halogenated alkanes) is 13. The van der Waals surface area contributed by atoms with E-state index >= 15 is 0 Å². The van der Waals surface area contributed by atoms with Crippen molar-refractivity contribution in [3.8, 4) is 0 Å². The summed E-state index contributed by atoms with van der Waals surface area (Å²) in [4.78, 5) is 4.73. The van der Waals surface area contributed by atoms with Crippen LogP contribution in [0.4, 0.5) is 0 Å². The lowest BCUT2D eigenvalue weighted by Gasteiger charge is -2.03. The van der Waals surface area contributed by atoms with E-state index in [-0.39, 0.29) is 0 Å². The zero-order valence-electron chi connectivity index (χ0n) is 16.3. The molecule has 0 atom stereocenters. The molecular formula is C23H37NS. The second-order valence-electron chi connectivity index (χ2n) is 7.42. The van der Waals surface area contributed by atoms with Crippen molar-refractivity contribution in [3.63, 3.8) is 0 Å². The van der Waals surface area contributed by atoms with Crippen LogP contribution >= 0.6 is 11.3 Å². The molecule has 0 radical (unpaired) electrons. The van der Waals surface area contributed by atoms with Gasteiger partial charge in [0.2, 0.25) is 0 Å². The minimum absolute atomic E-state index is 1.16. The quantitative estimate of drug-likeness (QED) is 0.291. The van der Waals surface area contributed by atoms with E-state index in [1.807, 2.05) is 11.3 Å². The molecule has 25 heavy (non-hydrogen) atoms.